The number of hydrazine groups is 1. The molecule has 0 fully saturated rings. The summed E-state index contributed by atoms with van der Waals surface area (Å²) >= 11 is 0. The Bertz CT molecular complexity index is 120. The molecule has 0 aromatic carbocycles. The highest BCUT2D eigenvalue weighted by Crippen LogP contribution is 2.16. The molecule has 3 nitrogen and oxygen atoms in total. The van der Waals surface area contributed by atoms with Crippen LogP contribution in [0.1, 0.15) is 59.8 Å². The van der Waals surface area contributed by atoms with E-state index in [-0.39, 0.29) is 5.91 Å². The van der Waals surface area contributed by atoms with Crippen molar-refractivity contribution in [3.8, 4) is 0 Å². The van der Waals surface area contributed by atoms with E-state index in [2.05, 4.69) is 19.3 Å². The first kappa shape index (κ1) is 15.9. The molecule has 86 valence electrons. The topological polar surface area (TPSA) is 55.1 Å². The van der Waals surface area contributed by atoms with Crippen LogP contribution in [0.25, 0.3) is 0 Å². The Morgan fingerprint density at radius 3 is 1.93 bits per heavy atom. The summed E-state index contributed by atoms with van der Waals surface area (Å²) in [5.41, 5.74) is 2.17. The highest BCUT2D eigenvalue weighted by Gasteiger charge is 2.10. The molecule has 0 spiro atoms. The molecule has 0 bridgehead atoms. The Labute approximate surface area is 88.4 Å². The standard InChI is InChI=1S/C9H20N2O.C2H6/c1-3-5-8(6-4-2)7-9(12)11-10;1-2/h8H,3-7,10H2,1-2H3,(H,11,12);1-2H3. The van der Waals surface area contributed by atoms with E-state index in [0.717, 1.165) is 25.7 Å². The number of hydrogen-bond acceptors (Lipinski definition) is 2. The van der Waals surface area contributed by atoms with Gasteiger partial charge in [-0.3, -0.25) is 10.2 Å². The third-order valence-electron chi connectivity index (χ3n) is 2.03. The van der Waals surface area contributed by atoms with Gasteiger partial charge >= 0.3 is 0 Å². The summed E-state index contributed by atoms with van der Waals surface area (Å²) in [6, 6.07) is 0. The van der Waals surface area contributed by atoms with Gasteiger partial charge in [0.25, 0.3) is 0 Å². The van der Waals surface area contributed by atoms with Gasteiger partial charge in [-0.2, -0.15) is 0 Å². The number of rotatable bonds is 6. The molecule has 0 aliphatic rings. The number of carbonyl (C=O) groups is 1. The number of amides is 1. The van der Waals surface area contributed by atoms with Gasteiger partial charge in [0.2, 0.25) is 5.91 Å². The van der Waals surface area contributed by atoms with Crippen LogP contribution in [0, 0.1) is 5.92 Å². The maximum absolute atomic E-state index is 10.9. The van der Waals surface area contributed by atoms with Crippen LogP contribution in [-0.2, 0) is 4.79 Å². The fraction of sp³-hybridized carbons (Fsp3) is 0.909. The van der Waals surface area contributed by atoms with Crippen LogP contribution < -0.4 is 11.3 Å². The molecule has 0 atom stereocenters. The van der Waals surface area contributed by atoms with Crippen LogP contribution >= 0.6 is 0 Å². The summed E-state index contributed by atoms with van der Waals surface area (Å²) in [5.74, 6) is 5.49. The minimum absolute atomic E-state index is 0.0399. The Hall–Kier alpha value is -0.570. The average molecular weight is 202 g/mol. The quantitative estimate of drug-likeness (QED) is 0.395. The first-order valence-corrected chi connectivity index (χ1v) is 5.74. The number of hydrogen-bond donors (Lipinski definition) is 2. The zero-order chi connectivity index (χ0) is 11.4. The van der Waals surface area contributed by atoms with Gasteiger partial charge in [-0.25, -0.2) is 5.84 Å². The summed E-state index contributed by atoms with van der Waals surface area (Å²) < 4.78 is 0. The molecule has 0 radical (unpaired) electrons. The minimum atomic E-state index is -0.0399. The summed E-state index contributed by atoms with van der Waals surface area (Å²) in [7, 11) is 0. The number of nitrogens with two attached hydrogens (primary N) is 1. The molecule has 0 aromatic heterocycles. The molecular formula is C11H26N2O. The monoisotopic (exact) mass is 202 g/mol. The van der Waals surface area contributed by atoms with E-state index in [4.69, 9.17) is 5.84 Å². The van der Waals surface area contributed by atoms with Gasteiger partial charge in [0.15, 0.2) is 0 Å². The van der Waals surface area contributed by atoms with Gasteiger partial charge in [-0.15, -0.1) is 0 Å². The third kappa shape index (κ3) is 9.52. The lowest BCUT2D eigenvalue weighted by molar-refractivity contribution is -0.122. The van der Waals surface area contributed by atoms with Crippen molar-refractivity contribution in [1.29, 1.82) is 0 Å². The molecule has 3 heteroatoms. The summed E-state index contributed by atoms with van der Waals surface area (Å²) in [5, 5.41) is 0. The predicted octanol–water partition coefficient (Wildman–Crippen LogP) is 2.61. The molecule has 14 heavy (non-hydrogen) atoms. The fourth-order valence-corrected chi connectivity index (χ4v) is 1.49. The van der Waals surface area contributed by atoms with E-state index < -0.39 is 0 Å². The van der Waals surface area contributed by atoms with E-state index in [1.807, 2.05) is 13.8 Å². The van der Waals surface area contributed by atoms with Crippen molar-refractivity contribution in [3.05, 3.63) is 0 Å². The average Bonchev–Trinajstić information content (AvgIpc) is 2.21. The van der Waals surface area contributed by atoms with Gasteiger partial charge < -0.3 is 0 Å². The zero-order valence-corrected chi connectivity index (χ0v) is 10.1. The second-order valence-corrected chi connectivity index (χ2v) is 3.22. The lowest BCUT2D eigenvalue weighted by Gasteiger charge is -2.13. The third-order valence-corrected chi connectivity index (χ3v) is 2.03. The van der Waals surface area contributed by atoms with Crippen molar-refractivity contribution >= 4 is 5.91 Å². The lowest BCUT2D eigenvalue weighted by atomic mass is 9.95. The van der Waals surface area contributed by atoms with Crippen molar-refractivity contribution in [2.45, 2.75) is 59.8 Å². The van der Waals surface area contributed by atoms with Crippen molar-refractivity contribution < 1.29 is 4.79 Å². The van der Waals surface area contributed by atoms with Gasteiger partial charge in [-0.05, 0) is 5.92 Å². The fourth-order valence-electron chi connectivity index (χ4n) is 1.49. The molecule has 0 unspecified atom stereocenters. The molecule has 0 rings (SSSR count). The van der Waals surface area contributed by atoms with E-state index >= 15 is 0 Å². The highest BCUT2D eigenvalue weighted by molar-refractivity contribution is 5.75. The van der Waals surface area contributed by atoms with E-state index in [9.17, 15) is 4.79 Å². The van der Waals surface area contributed by atoms with Crippen LogP contribution in [0.2, 0.25) is 0 Å². The normalized spacial score (nSPS) is 9.29. The van der Waals surface area contributed by atoms with Crippen molar-refractivity contribution in [1.82, 2.24) is 5.43 Å². The Morgan fingerprint density at radius 2 is 1.64 bits per heavy atom. The largest absolute Gasteiger partial charge is 0.294 e. The Balaban J connectivity index is 0. The molecule has 0 saturated heterocycles. The zero-order valence-electron chi connectivity index (χ0n) is 10.1. The van der Waals surface area contributed by atoms with Crippen molar-refractivity contribution in [2.24, 2.45) is 11.8 Å². The van der Waals surface area contributed by atoms with Gasteiger partial charge in [0.05, 0.1) is 0 Å². The maximum atomic E-state index is 10.9. The van der Waals surface area contributed by atoms with E-state index in [0.29, 0.717) is 12.3 Å². The van der Waals surface area contributed by atoms with Crippen LogP contribution in [0.3, 0.4) is 0 Å². The molecule has 3 N–H and O–H groups in total. The summed E-state index contributed by atoms with van der Waals surface area (Å²) in [6.45, 7) is 8.28. The molecule has 0 saturated carbocycles. The second kappa shape index (κ2) is 12.4. The summed E-state index contributed by atoms with van der Waals surface area (Å²) in [6.07, 6.45) is 5.12. The van der Waals surface area contributed by atoms with Gasteiger partial charge in [0.1, 0.15) is 0 Å². The lowest BCUT2D eigenvalue weighted by Crippen LogP contribution is -2.31. The van der Waals surface area contributed by atoms with Gasteiger partial charge in [-0.1, -0.05) is 53.4 Å². The van der Waals surface area contributed by atoms with Gasteiger partial charge in [0, 0.05) is 6.42 Å². The molecule has 0 aliphatic carbocycles. The van der Waals surface area contributed by atoms with Crippen LogP contribution in [-0.4, -0.2) is 5.91 Å². The first-order valence-electron chi connectivity index (χ1n) is 5.74. The maximum Gasteiger partial charge on any atom is 0.234 e. The number of nitrogens with one attached hydrogen (secondary N) is 1. The van der Waals surface area contributed by atoms with E-state index in [1.54, 1.807) is 0 Å². The molecule has 0 heterocycles. The SMILES string of the molecule is CC.CCCC(CCC)CC(=O)NN. The number of carbonyl (C=O) groups excluding carboxylic acids is 1. The van der Waals surface area contributed by atoms with Crippen molar-refractivity contribution in [2.75, 3.05) is 0 Å². The highest BCUT2D eigenvalue weighted by atomic mass is 16.2. The first-order chi connectivity index (χ1) is 6.74. The Kier molecular flexibility index (Phi) is 14.1. The molecule has 0 aromatic rings. The smallest absolute Gasteiger partial charge is 0.234 e. The second-order valence-electron chi connectivity index (χ2n) is 3.22. The molecular weight excluding hydrogens is 176 g/mol. The van der Waals surface area contributed by atoms with Crippen molar-refractivity contribution in [3.63, 3.8) is 0 Å². The molecule has 0 aliphatic heterocycles. The predicted molar refractivity (Wildman–Crippen MR) is 61.6 cm³/mol. The van der Waals surface area contributed by atoms with Crippen LogP contribution in [0.5, 0.6) is 0 Å². The summed E-state index contributed by atoms with van der Waals surface area (Å²) in [4.78, 5) is 10.9. The van der Waals surface area contributed by atoms with Crippen LogP contribution in [0.15, 0.2) is 0 Å². The van der Waals surface area contributed by atoms with E-state index in [1.165, 1.54) is 0 Å². The Morgan fingerprint density at radius 1 is 1.21 bits per heavy atom. The molecule has 1 amide bonds. The van der Waals surface area contributed by atoms with Crippen LogP contribution in [0.4, 0.5) is 0 Å². The minimum Gasteiger partial charge on any atom is -0.294 e.